The Morgan fingerprint density at radius 2 is 1.71 bits per heavy atom. The minimum Gasteiger partial charge on any atom is -0.314 e. The summed E-state index contributed by atoms with van der Waals surface area (Å²) < 4.78 is 0. The number of nitrogens with one attached hydrogen (secondary N) is 1. The molecular weight excluding hydrogens is 256 g/mol. The van der Waals surface area contributed by atoms with Crippen molar-refractivity contribution in [1.82, 2.24) is 10.2 Å². The number of nitrogens with zero attached hydrogens (tertiary/aromatic N) is 1. The maximum absolute atomic E-state index is 3.65. The first-order valence-corrected chi connectivity index (χ1v) is 8.42. The molecule has 2 nitrogen and oxygen atoms in total. The van der Waals surface area contributed by atoms with Gasteiger partial charge in [0.15, 0.2) is 0 Å². The van der Waals surface area contributed by atoms with E-state index in [9.17, 15) is 0 Å². The molecule has 1 N–H and O–H groups in total. The van der Waals surface area contributed by atoms with Crippen LogP contribution in [0, 0.1) is 11.8 Å². The van der Waals surface area contributed by atoms with E-state index in [0.717, 1.165) is 24.9 Å². The Morgan fingerprint density at radius 3 is 2.24 bits per heavy atom. The fraction of sp³-hybridized carbons (Fsp3) is 0.684. The lowest BCUT2D eigenvalue weighted by atomic mass is 9.81. The minimum absolute atomic E-state index is 0.176. The molecule has 0 aromatic heterocycles. The SMILES string of the molecule is CC(C)NCC(C)(CN1CC(C)C(C)C1)c1ccccc1. The van der Waals surface area contributed by atoms with Gasteiger partial charge in [-0.3, -0.25) is 0 Å². The average Bonchev–Trinajstić information content (AvgIpc) is 2.76. The largest absolute Gasteiger partial charge is 0.314 e. The smallest absolute Gasteiger partial charge is 0.0177 e. The van der Waals surface area contributed by atoms with Gasteiger partial charge in [-0.1, -0.05) is 65.0 Å². The van der Waals surface area contributed by atoms with Crippen LogP contribution in [0.25, 0.3) is 0 Å². The zero-order valence-electron chi connectivity index (χ0n) is 14.4. The third-order valence-corrected chi connectivity index (χ3v) is 5.01. The quantitative estimate of drug-likeness (QED) is 0.861. The first kappa shape index (κ1) is 16.5. The van der Waals surface area contributed by atoms with E-state index in [1.165, 1.54) is 18.7 Å². The van der Waals surface area contributed by atoms with Crippen molar-refractivity contribution in [2.24, 2.45) is 11.8 Å². The lowest BCUT2D eigenvalue weighted by molar-refractivity contribution is 0.238. The molecule has 1 aliphatic rings. The molecule has 1 aliphatic heterocycles. The standard InChI is InChI=1S/C19H32N2/c1-15(2)20-13-19(5,18-9-7-6-8-10-18)14-21-11-16(3)17(4)12-21/h6-10,15-17,20H,11-14H2,1-5H3. The first-order valence-electron chi connectivity index (χ1n) is 8.42. The Hall–Kier alpha value is -0.860. The first-order chi connectivity index (χ1) is 9.90. The van der Waals surface area contributed by atoms with Gasteiger partial charge in [0, 0.05) is 37.6 Å². The van der Waals surface area contributed by atoms with E-state index in [-0.39, 0.29) is 5.41 Å². The highest BCUT2D eigenvalue weighted by molar-refractivity contribution is 5.26. The van der Waals surface area contributed by atoms with Crippen molar-refractivity contribution in [3.05, 3.63) is 35.9 Å². The molecule has 1 aromatic rings. The highest BCUT2D eigenvalue weighted by Crippen LogP contribution is 2.29. The summed E-state index contributed by atoms with van der Waals surface area (Å²) in [6, 6.07) is 11.5. The molecule has 1 fully saturated rings. The van der Waals surface area contributed by atoms with Crippen molar-refractivity contribution < 1.29 is 0 Å². The van der Waals surface area contributed by atoms with Crippen molar-refractivity contribution in [3.63, 3.8) is 0 Å². The van der Waals surface area contributed by atoms with Crippen LogP contribution in [0.2, 0.25) is 0 Å². The van der Waals surface area contributed by atoms with E-state index in [1.807, 2.05) is 0 Å². The van der Waals surface area contributed by atoms with Gasteiger partial charge in [0.1, 0.15) is 0 Å². The second-order valence-corrected chi connectivity index (χ2v) is 7.61. The normalized spacial score (nSPS) is 26.2. The topological polar surface area (TPSA) is 15.3 Å². The molecule has 118 valence electrons. The van der Waals surface area contributed by atoms with Gasteiger partial charge < -0.3 is 10.2 Å². The number of rotatable bonds is 6. The summed E-state index contributed by atoms with van der Waals surface area (Å²) >= 11 is 0. The molecule has 1 aromatic carbocycles. The summed E-state index contributed by atoms with van der Waals surface area (Å²) in [4.78, 5) is 2.66. The van der Waals surface area contributed by atoms with E-state index >= 15 is 0 Å². The fourth-order valence-electron chi connectivity index (χ4n) is 3.39. The molecule has 3 atom stereocenters. The van der Waals surface area contributed by atoms with Crippen LogP contribution >= 0.6 is 0 Å². The van der Waals surface area contributed by atoms with Crippen LogP contribution in [-0.2, 0) is 5.41 Å². The molecular formula is C19H32N2. The minimum atomic E-state index is 0.176. The lowest BCUT2D eigenvalue weighted by Gasteiger charge is -2.35. The van der Waals surface area contributed by atoms with Crippen molar-refractivity contribution in [1.29, 1.82) is 0 Å². The summed E-state index contributed by atoms with van der Waals surface area (Å²) in [5.74, 6) is 1.64. The predicted octanol–water partition coefficient (Wildman–Crippen LogP) is 3.53. The Labute approximate surface area is 130 Å². The second-order valence-electron chi connectivity index (χ2n) is 7.61. The summed E-state index contributed by atoms with van der Waals surface area (Å²) in [5, 5.41) is 3.65. The zero-order valence-corrected chi connectivity index (χ0v) is 14.4. The Kier molecular flexibility index (Phi) is 5.45. The molecule has 2 rings (SSSR count). The number of likely N-dealkylation sites (tertiary alicyclic amines) is 1. The molecule has 0 spiro atoms. The van der Waals surface area contributed by atoms with Gasteiger partial charge in [0.05, 0.1) is 0 Å². The Bertz CT molecular complexity index is 418. The van der Waals surface area contributed by atoms with E-state index < -0.39 is 0 Å². The van der Waals surface area contributed by atoms with Crippen LogP contribution in [0.3, 0.4) is 0 Å². The van der Waals surface area contributed by atoms with Gasteiger partial charge in [-0.25, -0.2) is 0 Å². The highest BCUT2D eigenvalue weighted by Gasteiger charge is 2.34. The summed E-state index contributed by atoms with van der Waals surface area (Å²) in [6.45, 7) is 16.3. The molecule has 2 heteroatoms. The van der Waals surface area contributed by atoms with Gasteiger partial charge >= 0.3 is 0 Å². The third-order valence-electron chi connectivity index (χ3n) is 5.01. The van der Waals surface area contributed by atoms with E-state index in [0.29, 0.717) is 6.04 Å². The molecule has 3 unspecified atom stereocenters. The van der Waals surface area contributed by atoms with Crippen LogP contribution in [0.1, 0.15) is 40.2 Å². The lowest BCUT2D eigenvalue weighted by Crippen LogP contribution is -2.46. The van der Waals surface area contributed by atoms with Crippen LogP contribution in [0.4, 0.5) is 0 Å². The third kappa shape index (κ3) is 4.31. The zero-order chi connectivity index (χ0) is 15.5. The van der Waals surface area contributed by atoms with Gasteiger partial charge in [-0.2, -0.15) is 0 Å². The van der Waals surface area contributed by atoms with Crippen LogP contribution in [0.15, 0.2) is 30.3 Å². The Balaban J connectivity index is 2.12. The predicted molar refractivity (Wildman–Crippen MR) is 91.7 cm³/mol. The Morgan fingerprint density at radius 1 is 1.14 bits per heavy atom. The molecule has 1 saturated heterocycles. The van der Waals surface area contributed by atoms with Crippen molar-refractivity contribution in [3.8, 4) is 0 Å². The highest BCUT2D eigenvalue weighted by atomic mass is 15.2. The molecule has 0 radical (unpaired) electrons. The average molecular weight is 288 g/mol. The molecule has 1 heterocycles. The molecule has 0 aliphatic carbocycles. The van der Waals surface area contributed by atoms with Crippen LogP contribution in [-0.4, -0.2) is 37.1 Å². The summed E-state index contributed by atoms with van der Waals surface area (Å²) in [6.07, 6.45) is 0. The monoisotopic (exact) mass is 288 g/mol. The van der Waals surface area contributed by atoms with E-state index in [1.54, 1.807) is 0 Å². The van der Waals surface area contributed by atoms with Crippen molar-refractivity contribution >= 4 is 0 Å². The van der Waals surface area contributed by atoms with Gasteiger partial charge in [-0.15, -0.1) is 0 Å². The van der Waals surface area contributed by atoms with Crippen LogP contribution < -0.4 is 5.32 Å². The van der Waals surface area contributed by atoms with E-state index in [2.05, 4.69) is 75.2 Å². The maximum atomic E-state index is 3.65. The molecule has 0 bridgehead atoms. The number of hydrogen-bond acceptors (Lipinski definition) is 2. The van der Waals surface area contributed by atoms with Gasteiger partial charge in [0.2, 0.25) is 0 Å². The van der Waals surface area contributed by atoms with Crippen LogP contribution in [0.5, 0.6) is 0 Å². The number of benzene rings is 1. The molecule has 21 heavy (non-hydrogen) atoms. The summed E-state index contributed by atoms with van der Waals surface area (Å²) in [5.41, 5.74) is 1.63. The fourth-order valence-corrected chi connectivity index (χ4v) is 3.39. The van der Waals surface area contributed by atoms with Crippen molar-refractivity contribution in [2.75, 3.05) is 26.2 Å². The maximum Gasteiger partial charge on any atom is 0.0177 e. The van der Waals surface area contributed by atoms with Gasteiger partial charge in [-0.05, 0) is 17.4 Å². The van der Waals surface area contributed by atoms with E-state index in [4.69, 9.17) is 0 Å². The molecule has 0 saturated carbocycles. The molecule has 0 amide bonds. The number of hydrogen-bond donors (Lipinski definition) is 1. The summed E-state index contributed by atoms with van der Waals surface area (Å²) in [7, 11) is 0. The van der Waals surface area contributed by atoms with Gasteiger partial charge in [0.25, 0.3) is 0 Å². The van der Waals surface area contributed by atoms with Crippen molar-refractivity contribution in [2.45, 2.75) is 46.1 Å². The second kappa shape index (κ2) is 6.93.